The van der Waals surface area contributed by atoms with Gasteiger partial charge in [-0.2, -0.15) is 8.42 Å². The minimum Gasteiger partial charge on any atom is -0.448 e. The molecule has 0 aromatic heterocycles. The first-order valence-corrected chi connectivity index (χ1v) is 6.11. The minimum atomic E-state index is -5.06. The van der Waals surface area contributed by atoms with Crippen LogP contribution in [0.4, 0.5) is 18.6 Å². The van der Waals surface area contributed by atoms with Crippen LogP contribution in [0.2, 0.25) is 0 Å². The molecule has 0 fully saturated rings. The van der Waals surface area contributed by atoms with Crippen LogP contribution in [0.3, 0.4) is 0 Å². The van der Waals surface area contributed by atoms with Crippen molar-refractivity contribution < 1.29 is 21.4 Å². The van der Waals surface area contributed by atoms with Gasteiger partial charge < -0.3 is 17.8 Å². The van der Waals surface area contributed by atoms with Crippen LogP contribution in [0, 0.1) is 0 Å². The van der Waals surface area contributed by atoms with Crippen LogP contribution >= 0.6 is 0 Å². The fraction of sp³-hybridized carbons (Fsp3) is 0.125. The van der Waals surface area contributed by atoms with Crippen LogP contribution in [0.1, 0.15) is 0 Å². The molecular weight excluding hydrogens is 256 g/mol. The highest BCUT2D eigenvalue weighted by Crippen LogP contribution is 2.30. The summed E-state index contributed by atoms with van der Waals surface area (Å²) in [5, 5.41) is 0. The predicted molar refractivity (Wildman–Crippen MR) is 58.5 cm³/mol. The molecule has 1 heterocycles. The molecule has 0 N–H and O–H groups in total. The first-order chi connectivity index (χ1) is 7.80. The van der Waals surface area contributed by atoms with Crippen molar-refractivity contribution in [3.05, 3.63) is 24.3 Å². The molecular formula is C8H7BF3N2O2S-. The number of hydrogen-bond acceptors (Lipinski definition) is 3. The third-order valence-corrected chi connectivity index (χ3v) is 3.45. The van der Waals surface area contributed by atoms with Gasteiger partial charge in [0.25, 0.3) is 10.0 Å². The lowest BCUT2D eigenvalue weighted by Gasteiger charge is -2.29. The van der Waals surface area contributed by atoms with Crippen molar-refractivity contribution in [3.63, 3.8) is 0 Å². The second-order valence-corrected chi connectivity index (χ2v) is 5.13. The SMILES string of the molecule is O=S1(=O)N=CN(C[B-](F)(F)F)c2ccccc21. The second-order valence-electron chi connectivity index (χ2n) is 3.53. The maximum Gasteiger partial charge on any atom is 0.497 e. The number of nitrogens with zero attached hydrogens (tertiary/aromatic N) is 2. The van der Waals surface area contributed by atoms with E-state index in [1.165, 1.54) is 24.3 Å². The van der Waals surface area contributed by atoms with Crippen LogP contribution in [0.5, 0.6) is 0 Å². The molecule has 1 aliphatic rings. The van der Waals surface area contributed by atoms with Crippen molar-refractivity contribution in [2.24, 2.45) is 4.40 Å². The van der Waals surface area contributed by atoms with Crippen LogP contribution in [-0.4, -0.2) is 28.2 Å². The van der Waals surface area contributed by atoms with Gasteiger partial charge in [-0.15, -0.1) is 4.40 Å². The van der Waals surface area contributed by atoms with E-state index in [2.05, 4.69) is 4.40 Å². The summed E-state index contributed by atoms with van der Waals surface area (Å²) in [6.45, 7) is -5.06. The fourth-order valence-corrected chi connectivity index (χ4v) is 2.57. The molecule has 92 valence electrons. The van der Waals surface area contributed by atoms with Crippen molar-refractivity contribution >= 4 is 29.0 Å². The Morgan fingerprint density at radius 2 is 1.88 bits per heavy atom. The summed E-state index contributed by atoms with van der Waals surface area (Å²) in [5.74, 6) is 0. The summed E-state index contributed by atoms with van der Waals surface area (Å²) >= 11 is 0. The van der Waals surface area contributed by atoms with Gasteiger partial charge in [-0.3, -0.25) is 0 Å². The summed E-state index contributed by atoms with van der Waals surface area (Å²) in [6.07, 6.45) is -0.511. The van der Waals surface area contributed by atoms with Gasteiger partial charge in [0.2, 0.25) is 0 Å². The van der Waals surface area contributed by atoms with Crippen LogP contribution in [0.15, 0.2) is 33.6 Å². The van der Waals surface area contributed by atoms with Gasteiger partial charge in [-0.05, 0) is 18.6 Å². The number of fused-ring (bicyclic) bond motifs is 1. The molecule has 0 amide bonds. The molecule has 0 saturated heterocycles. The summed E-state index contributed by atoms with van der Waals surface area (Å²) in [6, 6.07) is 5.47. The van der Waals surface area contributed by atoms with Crippen molar-refractivity contribution in [1.82, 2.24) is 0 Å². The number of benzene rings is 1. The first kappa shape index (κ1) is 12.0. The van der Waals surface area contributed by atoms with Crippen molar-refractivity contribution in [3.8, 4) is 0 Å². The Hall–Kier alpha value is -1.51. The van der Waals surface area contributed by atoms with Crippen LogP contribution in [-0.2, 0) is 10.0 Å². The molecule has 1 aliphatic heterocycles. The third kappa shape index (κ3) is 2.43. The van der Waals surface area contributed by atoms with Crippen LogP contribution in [0.25, 0.3) is 0 Å². The molecule has 0 atom stereocenters. The first-order valence-electron chi connectivity index (χ1n) is 4.67. The molecule has 17 heavy (non-hydrogen) atoms. The van der Waals surface area contributed by atoms with E-state index in [1.807, 2.05) is 0 Å². The molecule has 2 rings (SSSR count). The van der Waals surface area contributed by atoms with Gasteiger partial charge in [0.15, 0.2) is 0 Å². The molecule has 1 aromatic carbocycles. The Labute approximate surface area is 95.9 Å². The predicted octanol–water partition coefficient (Wildman–Crippen LogP) is 1.61. The Morgan fingerprint density at radius 1 is 1.24 bits per heavy atom. The number of hydrogen-bond donors (Lipinski definition) is 0. The monoisotopic (exact) mass is 263 g/mol. The van der Waals surface area contributed by atoms with Gasteiger partial charge in [0.05, 0.1) is 5.69 Å². The molecule has 0 saturated carbocycles. The molecule has 4 nitrogen and oxygen atoms in total. The molecule has 9 heteroatoms. The van der Waals surface area contributed by atoms with E-state index in [-0.39, 0.29) is 10.6 Å². The van der Waals surface area contributed by atoms with E-state index in [0.717, 1.165) is 4.90 Å². The number of halogens is 3. The van der Waals surface area contributed by atoms with E-state index in [0.29, 0.717) is 6.34 Å². The highest BCUT2D eigenvalue weighted by atomic mass is 32.2. The van der Waals surface area contributed by atoms with E-state index in [4.69, 9.17) is 0 Å². The molecule has 0 radical (unpaired) electrons. The van der Waals surface area contributed by atoms with E-state index in [1.54, 1.807) is 0 Å². The normalized spacial score (nSPS) is 17.9. The van der Waals surface area contributed by atoms with E-state index < -0.39 is 23.4 Å². The Morgan fingerprint density at radius 3 is 2.53 bits per heavy atom. The lowest BCUT2D eigenvalue weighted by molar-refractivity contribution is 0.472. The maximum absolute atomic E-state index is 12.3. The third-order valence-electron chi connectivity index (χ3n) is 2.18. The Balaban J connectivity index is 2.48. The topological polar surface area (TPSA) is 49.7 Å². The fourth-order valence-electron chi connectivity index (χ4n) is 1.52. The Kier molecular flexibility index (Phi) is 2.65. The standard InChI is InChI=1S/C8H7BF3N2O2S/c10-9(11,12)5-14-6-13-17(15,16)8-4-2-1-3-7(8)14/h1-4,6H,5H2/q-1. The Bertz CT molecular complexity index is 570. The van der Waals surface area contributed by atoms with E-state index >= 15 is 0 Å². The smallest absolute Gasteiger partial charge is 0.448 e. The highest BCUT2D eigenvalue weighted by Gasteiger charge is 2.31. The zero-order valence-electron chi connectivity index (χ0n) is 8.42. The quantitative estimate of drug-likeness (QED) is 0.761. The zero-order chi connectivity index (χ0) is 12.7. The summed E-state index contributed by atoms with van der Waals surface area (Å²) < 4.78 is 63.1. The molecule has 0 aliphatic carbocycles. The molecule has 0 spiro atoms. The average Bonchev–Trinajstić information content (AvgIpc) is 2.21. The number of para-hydroxylation sites is 1. The highest BCUT2D eigenvalue weighted by molar-refractivity contribution is 7.90. The summed E-state index contributed by atoms with van der Waals surface area (Å²) in [7, 11) is -3.86. The van der Waals surface area contributed by atoms with Gasteiger partial charge in [-0.25, -0.2) is 0 Å². The number of sulfonamides is 1. The van der Waals surface area contributed by atoms with Crippen molar-refractivity contribution in [2.45, 2.75) is 4.90 Å². The molecule has 0 unspecified atom stereocenters. The van der Waals surface area contributed by atoms with Gasteiger partial charge in [0.1, 0.15) is 11.2 Å². The number of rotatable bonds is 2. The lowest BCUT2D eigenvalue weighted by Crippen LogP contribution is -2.39. The van der Waals surface area contributed by atoms with Crippen molar-refractivity contribution in [2.75, 3.05) is 11.3 Å². The van der Waals surface area contributed by atoms with Gasteiger partial charge >= 0.3 is 6.98 Å². The largest absolute Gasteiger partial charge is 0.497 e. The summed E-state index contributed by atoms with van der Waals surface area (Å²) in [5.41, 5.74) is 0.00157. The summed E-state index contributed by atoms with van der Waals surface area (Å²) in [4.78, 5) is 0.582. The molecule has 0 bridgehead atoms. The minimum absolute atomic E-state index is 0.00157. The van der Waals surface area contributed by atoms with Crippen molar-refractivity contribution in [1.29, 1.82) is 0 Å². The average molecular weight is 263 g/mol. The van der Waals surface area contributed by atoms with Crippen LogP contribution < -0.4 is 4.90 Å². The second kappa shape index (κ2) is 3.76. The van der Waals surface area contributed by atoms with Gasteiger partial charge in [0, 0.05) is 0 Å². The zero-order valence-corrected chi connectivity index (χ0v) is 9.24. The molecule has 1 aromatic rings. The maximum atomic E-state index is 12.3. The van der Waals surface area contributed by atoms with E-state index in [9.17, 15) is 21.4 Å². The van der Waals surface area contributed by atoms with Gasteiger partial charge in [-0.1, -0.05) is 12.1 Å². The number of anilines is 1. The lowest BCUT2D eigenvalue weighted by atomic mass is 9.91.